The van der Waals surface area contributed by atoms with Crippen molar-refractivity contribution in [1.82, 2.24) is 10.3 Å². The maximum absolute atomic E-state index is 11.4. The highest BCUT2D eigenvalue weighted by Crippen LogP contribution is 2.18. The van der Waals surface area contributed by atoms with E-state index in [4.69, 9.17) is 0 Å². The lowest BCUT2D eigenvalue weighted by atomic mass is 10.4. The lowest BCUT2D eigenvalue weighted by molar-refractivity contribution is -0.384. The Morgan fingerprint density at radius 2 is 2.35 bits per heavy atom. The van der Waals surface area contributed by atoms with E-state index in [1.807, 2.05) is 0 Å². The molecule has 1 aromatic rings. The van der Waals surface area contributed by atoms with Gasteiger partial charge in [-0.2, -0.15) is 0 Å². The number of pyridine rings is 1. The zero-order valence-electron chi connectivity index (χ0n) is 9.05. The van der Waals surface area contributed by atoms with E-state index in [9.17, 15) is 14.9 Å². The van der Waals surface area contributed by atoms with Gasteiger partial charge >= 0.3 is 0 Å². The molecule has 1 fully saturated rings. The van der Waals surface area contributed by atoms with E-state index in [1.165, 1.54) is 18.3 Å². The van der Waals surface area contributed by atoms with Crippen LogP contribution in [0.1, 0.15) is 12.8 Å². The molecule has 0 saturated heterocycles. The van der Waals surface area contributed by atoms with Gasteiger partial charge < -0.3 is 10.6 Å². The van der Waals surface area contributed by atoms with E-state index >= 15 is 0 Å². The minimum absolute atomic E-state index is 0.0508. The van der Waals surface area contributed by atoms with E-state index < -0.39 is 4.92 Å². The first kappa shape index (κ1) is 11.3. The van der Waals surface area contributed by atoms with Crippen LogP contribution in [0.5, 0.6) is 0 Å². The molecule has 1 heterocycles. The quantitative estimate of drug-likeness (QED) is 0.578. The van der Waals surface area contributed by atoms with Gasteiger partial charge in [0, 0.05) is 18.3 Å². The standard InChI is InChI=1S/C10H12N4O3/c15-10(13-7-1-2-7)6-12-9-5-8(14(16)17)3-4-11-9/h3-5,7H,1-2,6H2,(H,11,12)(H,13,15). The Kier molecular flexibility index (Phi) is 3.17. The van der Waals surface area contributed by atoms with Crippen molar-refractivity contribution in [2.45, 2.75) is 18.9 Å². The van der Waals surface area contributed by atoms with Crippen LogP contribution in [0.4, 0.5) is 11.5 Å². The highest BCUT2D eigenvalue weighted by Gasteiger charge is 2.22. The molecule has 1 amide bonds. The summed E-state index contributed by atoms with van der Waals surface area (Å²) < 4.78 is 0. The van der Waals surface area contributed by atoms with Crippen LogP contribution >= 0.6 is 0 Å². The van der Waals surface area contributed by atoms with Crippen molar-refractivity contribution in [3.63, 3.8) is 0 Å². The molecule has 17 heavy (non-hydrogen) atoms. The van der Waals surface area contributed by atoms with Crippen LogP contribution < -0.4 is 10.6 Å². The van der Waals surface area contributed by atoms with Crippen LogP contribution in [0.3, 0.4) is 0 Å². The molecular weight excluding hydrogens is 224 g/mol. The second-order valence-electron chi connectivity index (χ2n) is 3.85. The molecule has 7 heteroatoms. The number of nitrogens with one attached hydrogen (secondary N) is 2. The van der Waals surface area contributed by atoms with Crippen LogP contribution in [-0.2, 0) is 4.79 Å². The third kappa shape index (κ3) is 3.40. The number of carbonyl (C=O) groups excluding carboxylic acids is 1. The van der Waals surface area contributed by atoms with Gasteiger partial charge in [0.25, 0.3) is 5.69 Å². The molecule has 0 aromatic carbocycles. The summed E-state index contributed by atoms with van der Waals surface area (Å²) in [7, 11) is 0. The maximum Gasteiger partial charge on any atom is 0.274 e. The van der Waals surface area contributed by atoms with Crippen molar-refractivity contribution < 1.29 is 9.72 Å². The predicted molar refractivity (Wildman–Crippen MR) is 60.5 cm³/mol. The van der Waals surface area contributed by atoms with Gasteiger partial charge in [-0.3, -0.25) is 14.9 Å². The van der Waals surface area contributed by atoms with Gasteiger partial charge in [-0.05, 0) is 12.8 Å². The maximum atomic E-state index is 11.4. The largest absolute Gasteiger partial charge is 0.361 e. The Labute approximate surface area is 97.4 Å². The number of nitrogens with zero attached hydrogens (tertiary/aromatic N) is 2. The van der Waals surface area contributed by atoms with Gasteiger partial charge in [0.2, 0.25) is 5.91 Å². The Morgan fingerprint density at radius 3 is 3.00 bits per heavy atom. The number of rotatable bonds is 5. The molecule has 90 valence electrons. The molecule has 0 bridgehead atoms. The minimum atomic E-state index is -0.503. The summed E-state index contributed by atoms with van der Waals surface area (Å²) in [6.07, 6.45) is 3.39. The number of carbonyl (C=O) groups is 1. The summed E-state index contributed by atoms with van der Waals surface area (Å²) in [6.45, 7) is 0.0741. The molecule has 1 aliphatic carbocycles. The molecular formula is C10H12N4O3. The highest BCUT2D eigenvalue weighted by molar-refractivity contribution is 5.81. The summed E-state index contributed by atoms with van der Waals surface area (Å²) in [5, 5.41) is 16.1. The van der Waals surface area contributed by atoms with Crippen molar-refractivity contribution in [2.24, 2.45) is 0 Å². The Morgan fingerprint density at radius 1 is 1.59 bits per heavy atom. The lowest BCUT2D eigenvalue weighted by Gasteiger charge is -2.05. The first-order valence-electron chi connectivity index (χ1n) is 5.29. The normalized spacial score (nSPS) is 14.1. The van der Waals surface area contributed by atoms with E-state index in [1.54, 1.807) is 0 Å². The molecule has 2 N–H and O–H groups in total. The van der Waals surface area contributed by atoms with Crippen molar-refractivity contribution in [2.75, 3.05) is 11.9 Å². The van der Waals surface area contributed by atoms with Crippen LogP contribution in [0, 0.1) is 10.1 Å². The first-order chi connectivity index (χ1) is 8.15. The summed E-state index contributed by atoms with van der Waals surface area (Å²) >= 11 is 0. The second-order valence-corrected chi connectivity index (χ2v) is 3.85. The zero-order chi connectivity index (χ0) is 12.3. The third-order valence-electron chi connectivity index (χ3n) is 2.33. The van der Waals surface area contributed by atoms with Crippen molar-refractivity contribution in [1.29, 1.82) is 0 Å². The number of aromatic nitrogens is 1. The van der Waals surface area contributed by atoms with Gasteiger partial charge in [-0.25, -0.2) is 4.98 Å². The predicted octanol–water partition coefficient (Wildman–Crippen LogP) is 0.680. The molecule has 7 nitrogen and oxygen atoms in total. The zero-order valence-corrected chi connectivity index (χ0v) is 9.05. The summed E-state index contributed by atoms with van der Waals surface area (Å²) in [6, 6.07) is 2.90. The van der Waals surface area contributed by atoms with Crippen LogP contribution in [0.15, 0.2) is 18.3 Å². The fraction of sp³-hybridized carbons (Fsp3) is 0.400. The third-order valence-corrected chi connectivity index (χ3v) is 2.33. The molecule has 1 aliphatic rings. The monoisotopic (exact) mass is 236 g/mol. The molecule has 0 radical (unpaired) electrons. The Balaban J connectivity index is 1.87. The first-order valence-corrected chi connectivity index (χ1v) is 5.29. The Bertz CT molecular complexity index is 445. The highest BCUT2D eigenvalue weighted by atomic mass is 16.6. The average molecular weight is 236 g/mol. The van der Waals surface area contributed by atoms with Crippen LogP contribution in [0.2, 0.25) is 0 Å². The fourth-order valence-electron chi connectivity index (χ4n) is 1.31. The second kappa shape index (κ2) is 4.77. The smallest absolute Gasteiger partial charge is 0.274 e. The van der Waals surface area contributed by atoms with Gasteiger partial charge in [0.05, 0.1) is 17.5 Å². The van der Waals surface area contributed by atoms with Gasteiger partial charge in [-0.1, -0.05) is 0 Å². The van der Waals surface area contributed by atoms with Crippen molar-refractivity contribution in [3.8, 4) is 0 Å². The molecule has 2 rings (SSSR count). The van der Waals surface area contributed by atoms with Gasteiger partial charge in [0.15, 0.2) is 0 Å². The molecule has 0 atom stereocenters. The number of nitro groups is 1. The number of anilines is 1. The molecule has 0 spiro atoms. The van der Waals surface area contributed by atoms with Gasteiger partial charge in [0.1, 0.15) is 5.82 Å². The van der Waals surface area contributed by atoms with Crippen molar-refractivity contribution >= 4 is 17.4 Å². The summed E-state index contributed by atoms with van der Waals surface area (Å²) in [4.78, 5) is 25.3. The van der Waals surface area contributed by atoms with Crippen molar-refractivity contribution in [3.05, 3.63) is 28.4 Å². The van der Waals surface area contributed by atoms with E-state index in [0.717, 1.165) is 12.8 Å². The lowest BCUT2D eigenvalue weighted by Crippen LogP contribution is -2.31. The molecule has 0 aliphatic heterocycles. The van der Waals surface area contributed by atoms with E-state index in [-0.39, 0.29) is 18.1 Å². The number of hydrogen-bond donors (Lipinski definition) is 2. The van der Waals surface area contributed by atoms with Crippen LogP contribution in [-0.4, -0.2) is 28.4 Å². The average Bonchev–Trinajstić information content (AvgIpc) is 3.11. The number of hydrogen-bond acceptors (Lipinski definition) is 5. The van der Waals surface area contributed by atoms with E-state index in [0.29, 0.717) is 11.9 Å². The minimum Gasteiger partial charge on any atom is -0.361 e. The molecule has 1 aromatic heterocycles. The Hall–Kier alpha value is -2.18. The molecule has 1 saturated carbocycles. The summed E-state index contributed by atoms with van der Waals surface area (Å²) in [5.41, 5.74) is -0.0508. The van der Waals surface area contributed by atoms with Gasteiger partial charge in [-0.15, -0.1) is 0 Å². The topological polar surface area (TPSA) is 97.2 Å². The SMILES string of the molecule is O=C(CNc1cc([N+](=O)[O-])ccn1)NC1CC1. The molecule has 0 unspecified atom stereocenters. The number of amides is 1. The van der Waals surface area contributed by atoms with Crippen LogP contribution in [0.25, 0.3) is 0 Å². The fourth-order valence-corrected chi connectivity index (χ4v) is 1.31. The summed E-state index contributed by atoms with van der Waals surface area (Å²) in [5.74, 6) is 0.200. The van der Waals surface area contributed by atoms with E-state index in [2.05, 4.69) is 15.6 Å².